The SMILES string of the molecule is C[C@H]1N(C)C[C@]2(N)C3(CC3)CC[C@]12N. The van der Waals surface area contributed by atoms with Crippen LogP contribution < -0.4 is 11.5 Å². The summed E-state index contributed by atoms with van der Waals surface area (Å²) in [5.41, 5.74) is 13.4. The second kappa shape index (κ2) is 2.18. The molecule has 1 heterocycles. The molecule has 4 N–H and O–H groups in total. The molecule has 0 amide bonds. The first-order chi connectivity index (χ1) is 6.45. The van der Waals surface area contributed by atoms with Gasteiger partial charge in [0.1, 0.15) is 0 Å². The summed E-state index contributed by atoms with van der Waals surface area (Å²) in [5, 5.41) is 0. The quantitative estimate of drug-likeness (QED) is 0.584. The third-order valence-electron chi connectivity index (χ3n) is 5.55. The average Bonchev–Trinajstić information content (AvgIpc) is 2.86. The summed E-state index contributed by atoms with van der Waals surface area (Å²) in [6.45, 7) is 3.22. The molecule has 3 atom stereocenters. The van der Waals surface area contributed by atoms with Crippen LogP contribution in [-0.2, 0) is 0 Å². The molecule has 3 rings (SSSR count). The molecular formula is C11H21N3. The van der Waals surface area contributed by atoms with Crippen LogP contribution in [0.4, 0.5) is 0 Å². The van der Waals surface area contributed by atoms with E-state index in [1.165, 1.54) is 19.3 Å². The van der Waals surface area contributed by atoms with Gasteiger partial charge in [-0.15, -0.1) is 0 Å². The highest BCUT2D eigenvalue weighted by Gasteiger charge is 2.73. The van der Waals surface area contributed by atoms with E-state index in [2.05, 4.69) is 18.9 Å². The van der Waals surface area contributed by atoms with Gasteiger partial charge < -0.3 is 11.5 Å². The fourth-order valence-electron chi connectivity index (χ4n) is 4.05. The molecule has 80 valence electrons. The smallest absolute Gasteiger partial charge is 0.0538 e. The molecule has 1 saturated heterocycles. The molecule has 3 heteroatoms. The van der Waals surface area contributed by atoms with Gasteiger partial charge in [-0.1, -0.05) is 0 Å². The van der Waals surface area contributed by atoms with Crippen LogP contribution in [0.15, 0.2) is 0 Å². The minimum absolute atomic E-state index is 0.103. The Kier molecular flexibility index (Phi) is 1.42. The van der Waals surface area contributed by atoms with E-state index in [1.54, 1.807) is 0 Å². The molecule has 1 spiro atoms. The molecule has 0 aromatic rings. The molecular weight excluding hydrogens is 174 g/mol. The maximum Gasteiger partial charge on any atom is 0.0538 e. The Hall–Kier alpha value is -0.120. The summed E-state index contributed by atoms with van der Waals surface area (Å²) in [6.07, 6.45) is 5.00. The number of nitrogens with two attached hydrogens (primary N) is 2. The standard InChI is InChI=1S/C11H21N3/c1-8-10(12)6-5-9(3-4-9)11(10,13)7-14(8)2/h8H,3-7,12-13H2,1-2H3/t8-,10+,11+/m1/s1. The minimum atomic E-state index is -0.127. The first kappa shape index (κ1) is 9.13. The number of hydrogen-bond acceptors (Lipinski definition) is 3. The highest BCUT2D eigenvalue weighted by atomic mass is 15.3. The van der Waals surface area contributed by atoms with Gasteiger partial charge in [0, 0.05) is 12.6 Å². The van der Waals surface area contributed by atoms with Crippen molar-refractivity contribution >= 4 is 0 Å². The first-order valence-electron chi connectivity index (χ1n) is 5.73. The molecule has 0 aromatic carbocycles. The Morgan fingerprint density at radius 1 is 1.14 bits per heavy atom. The van der Waals surface area contributed by atoms with Gasteiger partial charge in [0.25, 0.3) is 0 Å². The number of rotatable bonds is 0. The third-order valence-corrected chi connectivity index (χ3v) is 5.55. The fourth-order valence-corrected chi connectivity index (χ4v) is 4.05. The Morgan fingerprint density at radius 3 is 2.29 bits per heavy atom. The van der Waals surface area contributed by atoms with Crippen molar-refractivity contribution in [2.24, 2.45) is 16.9 Å². The minimum Gasteiger partial charge on any atom is -0.322 e. The van der Waals surface area contributed by atoms with Crippen molar-refractivity contribution in [1.82, 2.24) is 4.90 Å². The Bertz CT molecular complexity index is 286. The van der Waals surface area contributed by atoms with E-state index in [9.17, 15) is 0 Å². The van der Waals surface area contributed by atoms with Crippen molar-refractivity contribution in [2.45, 2.75) is 49.7 Å². The largest absolute Gasteiger partial charge is 0.322 e. The third kappa shape index (κ3) is 0.698. The zero-order valence-corrected chi connectivity index (χ0v) is 9.21. The van der Waals surface area contributed by atoms with E-state index >= 15 is 0 Å². The zero-order valence-electron chi connectivity index (χ0n) is 9.21. The maximum absolute atomic E-state index is 6.65. The Labute approximate surface area is 85.8 Å². The number of likely N-dealkylation sites (N-methyl/N-ethyl adjacent to an activating group) is 1. The van der Waals surface area contributed by atoms with Crippen molar-refractivity contribution in [2.75, 3.05) is 13.6 Å². The van der Waals surface area contributed by atoms with Crippen LogP contribution in [0.1, 0.15) is 32.6 Å². The monoisotopic (exact) mass is 195 g/mol. The second-order valence-corrected chi connectivity index (χ2v) is 5.88. The number of likely N-dealkylation sites (tertiary alicyclic amines) is 1. The second-order valence-electron chi connectivity index (χ2n) is 5.88. The molecule has 0 aromatic heterocycles. The van der Waals surface area contributed by atoms with Gasteiger partial charge in [-0.2, -0.15) is 0 Å². The summed E-state index contributed by atoms with van der Waals surface area (Å²) < 4.78 is 0. The van der Waals surface area contributed by atoms with Crippen molar-refractivity contribution in [3.63, 3.8) is 0 Å². The van der Waals surface area contributed by atoms with Crippen LogP contribution >= 0.6 is 0 Å². The Morgan fingerprint density at radius 2 is 1.71 bits per heavy atom. The van der Waals surface area contributed by atoms with Gasteiger partial charge >= 0.3 is 0 Å². The molecule has 3 nitrogen and oxygen atoms in total. The zero-order chi connectivity index (χ0) is 10.2. The van der Waals surface area contributed by atoms with Crippen LogP contribution in [0.25, 0.3) is 0 Å². The highest BCUT2D eigenvalue weighted by Crippen LogP contribution is 2.67. The average molecular weight is 195 g/mol. The molecule has 2 saturated carbocycles. The molecule has 2 aliphatic carbocycles. The highest BCUT2D eigenvalue weighted by molar-refractivity contribution is 5.33. The summed E-state index contributed by atoms with van der Waals surface area (Å²) >= 11 is 0. The summed E-state index contributed by atoms with van der Waals surface area (Å²) in [7, 11) is 2.16. The molecule has 1 aliphatic heterocycles. The normalized spacial score (nSPS) is 55.3. The lowest BCUT2D eigenvalue weighted by Crippen LogP contribution is -2.67. The van der Waals surface area contributed by atoms with Crippen molar-refractivity contribution < 1.29 is 0 Å². The van der Waals surface area contributed by atoms with Gasteiger partial charge in [-0.3, -0.25) is 4.90 Å². The van der Waals surface area contributed by atoms with E-state index in [0.29, 0.717) is 11.5 Å². The van der Waals surface area contributed by atoms with E-state index in [4.69, 9.17) is 11.5 Å². The van der Waals surface area contributed by atoms with Gasteiger partial charge in [0.15, 0.2) is 0 Å². The van der Waals surface area contributed by atoms with Gasteiger partial charge in [-0.05, 0) is 45.1 Å². The van der Waals surface area contributed by atoms with Crippen LogP contribution in [-0.4, -0.2) is 35.6 Å². The van der Waals surface area contributed by atoms with Gasteiger partial charge in [-0.25, -0.2) is 0 Å². The molecule has 3 fully saturated rings. The van der Waals surface area contributed by atoms with Crippen LogP contribution in [0.2, 0.25) is 0 Å². The van der Waals surface area contributed by atoms with Crippen LogP contribution in [0, 0.1) is 5.41 Å². The molecule has 0 unspecified atom stereocenters. The van der Waals surface area contributed by atoms with Crippen LogP contribution in [0.3, 0.4) is 0 Å². The van der Waals surface area contributed by atoms with Crippen molar-refractivity contribution in [1.29, 1.82) is 0 Å². The lowest BCUT2D eigenvalue weighted by molar-refractivity contribution is 0.235. The van der Waals surface area contributed by atoms with E-state index in [0.717, 1.165) is 13.0 Å². The van der Waals surface area contributed by atoms with E-state index in [-0.39, 0.29) is 11.1 Å². The fraction of sp³-hybridized carbons (Fsp3) is 1.00. The van der Waals surface area contributed by atoms with Crippen LogP contribution in [0.5, 0.6) is 0 Å². The van der Waals surface area contributed by atoms with Crippen molar-refractivity contribution in [3.8, 4) is 0 Å². The summed E-state index contributed by atoms with van der Waals surface area (Å²) in [4.78, 5) is 2.35. The first-order valence-corrected chi connectivity index (χ1v) is 5.73. The van der Waals surface area contributed by atoms with E-state index < -0.39 is 0 Å². The van der Waals surface area contributed by atoms with Gasteiger partial charge in [0.05, 0.1) is 11.1 Å². The summed E-state index contributed by atoms with van der Waals surface area (Å²) in [6, 6.07) is 0.437. The van der Waals surface area contributed by atoms with Crippen molar-refractivity contribution in [3.05, 3.63) is 0 Å². The number of fused-ring (bicyclic) bond motifs is 2. The predicted molar refractivity (Wildman–Crippen MR) is 56.8 cm³/mol. The number of hydrogen-bond donors (Lipinski definition) is 2. The number of nitrogens with zero attached hydrogens (tertiary/aromatic N) is 1. The summed E-state index contributed by atoms with van der Waals surface area (Å²) in [5.74, 6) is 0. The molecule has 3 aliphatic rings. The van der Waals surface area contributed by atoms with E-state index in [1.807, 2.05) is 0 Å². The molecule has 0 bridgehead atoms. The lowest BCUT2D eigenvalue weighted by atomic mass is 9.74. The lowest BCUT2D eigenvalue weighted by Gasteiger charge is -2.39. The topological polar surface area (TPSA) is 55.3 Å². The van der Waals surface area contributed by atoms with Gasteiger partial charge in [0.2, 0.25) is 0 Å². The maximum atomic E-state index is 6.65. The molecule has 14 heavy (non-hydrogen) atoms. The Balaban J connectivity index is 2.07. The molecule has 0 radical (unpaired) electrons. The predicted octanol–water partition coefficient (Wildman–Crippen LogP) is 0.289.